The van der Waals surface area contributed by atoms with Crippen molar-refractivity contribution in [2.75, 3.05) is 20.1 Å². The molecule has 3 rings (SSSR count). The summed E-state index contributed by atoms with van der Waals surface area (Å²) in [7, 11) is -2.21. The molecule has 0 saturated carbocycles. The minimum atomic E-state index is -3.61. The van der Waals surface area contributed by atoms with Gasteiger partial charge >= 0.3 is 0 Å². The van der Waals surface area contributed by atoms with Crippen molar-refractivity contribution in [2.45, 2.75) is 17.1 Å². The zero-order valence-corrected chi connectivity index (χ0v) is 13.2. The first-order chi connectivity index (χ1) is 11.1. The molecule has 10 nitrogen and oxygen atoms in total. The fourth-order valence-electron chi connectivity index (χ4n) is 2.83. The molecule has 1 saturated heterocycles. The minimum absolute atomic E-state index is 0.426. The van der Waals surface area contributed by atoms with E-state index in [9.17, 15) is 8.42 Å². The van der Waals surface area contributed by atoms with E-state index in [-0.39, 0.29) is 0 Å². The molecule has 0 radical (unpaired) electrons. The quantitative estimate of drug-likeness (QED) is 0.679. The van der Waals surface area contributed by atoms with Gasteiger partial charge in [-0.25, -0.2) is 43.0 Å². The van der Waals surface area contributed by atoms with Crippen molar-refractivity contribution in [1.82, 2.24) is 39.9 Å². The van der Waals surface area contributed by atoms with Crippen molar-refractivity contribution in [2.24, 2.45) is 0 Å². The monoisotopic (exact) mass is 336 g/mol. The maximum atomic E-state index is 12.6. The summed E-state index contributed by atoms with van der Waals surface area (Å²) in [4.78, 5) is 24.1. The molecule has 0 amide bonds. The van der Waals surface area contributed by atoms with Crippen molar-refractivity contribution < 1.29 is 8.42 Å². The summed E-state index contributed by atoms with van der Waals surface area (Å²) in [6, 6.07) is 0. The third-order valence-corrected chi connectivity index (χ3v) is 5.80. The van der Waals surface area contributed by atoms with Crippen LogP contribution < -0.4 is 10.0 Å². The van der Waals surface area contributed by atoms with E-state index in [1.165, 1.54) is 32.4 Å². The molecular formula is C12H16N8O2S. The van der Waals surface area contributed by atoms with Gasteiger partial charge in [0.1, 0.15) is 37.0 Å². The number of rotatable bonds is 4. The van der Waals surface area contributed by atoms with Crippen LogP contribution in [0.15, 0.2) is 25.3 Å². The Hall–Kier alpha value is -2.11. The molecule has 1 fully saturated rings. The van der Waals surface area contributed by atoms with Crippen molar-refractivity contribution in [1.29, 1.82) is 0 Å². The lowest BCUT2D eigenvalue weighted by atomic mass is 9.88. The molecule has 3 heterocycles. The lowest BCUT2D eigenvalue weighted by Crippen LogP contribution is -2.51. The molecule has 0 aromatic carbocycles. The van der Waals surface area contributed by atoms with Crippen molar-refractivity contribution in [3.05, 3.63) is 37.0 Å². The lowest BCUT2D eigenvalue weighted by molar-refractivity contribution is 0.382. The summed E-state index contributed by atoms with van der Waals surface area (Å²) in [6.07, 6.45) is 5.44. The average Bonchev–Trinajstić information content (AvgIpc) is 2.62. The fourth-order valence-corrected chi connectivity index (χ4v) is 4.40. The van der Waals surface area contributed by atoms with Gasteiger partial charge < -0.3 is 5.32 Å². The standard InChI is InChI=1S/C12H16N8O2S/c1-13-23(21,22)10-8(11-17-4-15-5-18-11)2-14-3-9(10)12-19-6-16-7-20-12/h4-10,13-14H,2-3H2,1H3. The Kier molecular flexibility index (Phi) is 4.50. The Morgan fingerprint density at radius 2 is 1.39 bits per heavy atom. The topological polar surface area (TPSA) is 136 Å². The zero-order chi connectivity index (χ0) is 16.3. The number of piperidine rings is 1. The predicted molar refractivity (Wildman–Crippen MR) is 79.8 cm³/mol. The second kappa shape index (κ2) is 6.56. The molecule has 0 aliphatic carbocycles. The summed E-state index contributed by atoms with van der Waals surface area (Å²) in [5, 5.41) is 2.42. The van der Waals surface area contributed by atoms with E-state index in [1.807, 2.05) is 0 Å². The summed E-state index contributed by atoms with van der Waals surface area (Å²) < 4.78 is 27.7. The smallest absolute Gasteiger partial charge is 0.215 e. The van der Waals surface area contributed by atoms with Gasteiger partial charge in [0.15, 0.2) is 0 Å². The first-order valence-corrected chi connectivity index (χ1v) is 8.55. The largest absolute Gasteiger partial charge is 0.315 e. The van der Waals surface area contributed by atoms with E-state index in [0.717, 1.165) is 0 Å². The number of nitrogens with zero attached hydrogens (tertiary/aromatic N) is 6. The Morgan fingerprint density at radius 1 is 0.957 bits per heavy atom. The Labute approximate surface area is 133 Å². The molecule has 11 heteroatoms. The number of hydrogen-bond donors (Lipinski definition) is 2. The molecule has 2 aromatic rings. The molecule has 0 spiro atoms. The number of aromatic nitrogens is 6. The van der Waals surface area contributed by atoms with Gasteiger partial charge in [0, 0.05) is 13.1 Å². The van der Waals surface area contributed by atoms with Crippen LogP contribution in [0.2, 0.25) is 0 Å². The van der Waals surface area contributed by atoms with Gasteiger partial charge in [-0.3, -0.25) is 0 Å². The normalized spacial score (nSPS) is 25.2. The van der Waals surface area contributed by atoms with Crippen LogP contribution in [0.1, 0.15) is 23.5 Å². The SMILES string of the molecule is CNS(=O)(=O)C1C(c2ncncn2)CNCC1c1ncncn1. The van der Waals surface area contributed by atoms with Gasteiger partial charge in [0.2, 0.25) is 10.0 Å². The summed E-state index contributed by atoms with van der Waals surface area (Å²) in [5.41, 5.74) is 0. The number of nitrogens with one attached hydrogen (secondary N) is 2. The van der Waals surface area contributed by atoms with E-state index in [2.05, 4.69) is 39.9 Å². The molecule has 2 aromatic heterocycles. The Bertz CT molecular complexity index is 695. The maximum absolute atomic E-state index is 12.6. The first-order valence-electron chi connectivity index (χ1n) is 7.00. The van der Waals surface area contributed by atoms with Crippen LogP contribution in [-0.2, 0) is 10.0 Å². The number of sulfonamides is 1. The zero-order valence-electron chi connectivity index (χ0n) is 12.4. The molecule has 0 bridgehead atoms. The van der Waals surface area contributed by atoms with Crippen molar-refractivity contribution in [3.8, 4) is 0 Å². The minimum Gasteiger partial charge on any atom is -0.315 e. The summed E-state index contributed by atoms with van der Waals surface area (Å²) >= 11 is 0. The van der Waals surface area contributed by atoms with Crippen LogP contribution >= 0.6 is 0 Å². The van der Waals surface area contributed by atoms with Crippen LogP contribution in [0.4, 0.5) is 0 Å². The van der Waals surface area contributed by atoms with Gasteiger partial charge in [0.05, 0.1) is 17.1 Å². The first kappa shape index (κ1) is 15.8. The van der Waals surface area contributed by atoms with Crippen molar-refractivity contribution in [3.63, 3.8) is 0 Å². The van der Waals surface area contributed by atoms with E-state index < -0.39 is 27.1 Å². The van der Waals surface area contributed by atoms with E-state index in [1.54, 1.807) is 0 Å². The number of hydrogen-bond acceptors (Lipinski definition) is 9. The average molecular weight is 336 g/mol. The van der Waals surface area contributed by atoms with Gasteiger partial charge in [-0.2, -0.15) is 0 Å². The maximum Gasteiger partial charge on any atom is 0.215 e. The van der Waals surface area contributed by atoms with E-state index in [4.69, 9.17) is 0 Å². The van der Waals surface area contributed by atoms with Crippen LogP contribution in [0.3, 0.4) is 0 Å². The molecule has 1 aliphatic rings. The second-order valence-electron chi connectivity index (χ2n) is 5.08. The lowest BCUT2D eigenvalue weighted by Gasteiger charge is -2.36. The van der Waals surface area contributed by atoms with Gasteiger partial charge in [-0.1, -0.05) is 0 Å². The molecule has 2 N–H and O–H groups in total. The van der Waals surface area contributed by atoms with Crippen molar-refractivity contribution >= 4 is 10.0 Å². The second-order valence-corrected chi connectivity index (χ2v) is 7.12. The molecular weight excluding hydrogens is 320 g/mol. The highest BCUT2D eigenvalue weighted by molar-refractivity contribution is 7.90. The highest BCUT2D eigenvalue weighted by atomic mass is 32.2. The third-order valence-electron chi connectivity index (χ3n) is 3.85. The molecule has 2 unspecified atom stereocenters. The van der Waals surface area contributed by atoms with Gasteiger partial charge in [-0.15, -0.1) is 0 Å². The van der Waals surface area contributed by atoms with Crippen LogP contribution in [0.25, 0.3) is 0 Å². The molecule has 1 aliphatic heterocycles. The van der Waals surface area contributed by atoms with Crippen LogP contribution in [0.5, 0.6) is 0 Å². The van der Waals surface area contributed by atoms with Crippen LogP contribution in [0, 0.1) is 0 Å². The van der Waals surface area contributed by atoms with Gasteiger partial charge in [-0.05, 0) is 7.05 Å². The predicted octanol–water partition coefficient (Wildman–Crippen LogP) is -1.55. The molecule has 122 valence electrons. The van der Waals surface area contributed by atoms with E-state index in [0.29, 0.717) is 24.7 Å². The third kappa shape index (κ3) is 3.16. The highest BCUT2D eigenvalue weighted by Gasteiger charge is 2.45. The summed E-state index contributed by atoms with van der Waals surface area (Å²) in [6.45, 7) is 0.883. The highest BCUT2D eigenvalue weighted by Crippen LogP contribution is 2.34. The van der Waals surface area contributed by atoms with Crippen LogP contribution in [-0.4, -0.2) is 63.7 Å². The fraction of sp³-hybridized carbons (Fsp3) is 0.500. The van der Waals surface area contributed by atoms with E-state index >= 15 is 0 Å². The Morgan fingerprint density at radius 3 is 1.78 bits per heavy atom. The molecule has 2 atom stereocenters. The molecule has 23 heavy (non-hydrogen) atoms. The summed E-state index contributed by atoms with van der Waals surface area (Å²) in [5.74, 6) is -0.0258. The Balaban J connectivity index is 2.06. The van der Waals surface area contributed by atoms with Gasteiger partial charge in [0.25, 0.3) is 0 Å².